The Morgan fingerprint density at radius 1 is 1.29 bits per heavy atom. The molecule has 2 aromatic heterocycles. The number of nitrogens with zero attached hydrogens (tertiary/aromatic N) is 3. The van der Waals surface area contributed by atoms with Crippen molar-refractivity contribution in [2.45, 2.75) is 26.3 Å². The van der Waals surface area contributed by atoms with Crippen molar-refractivity contribution in [3.63, 3.8) is 0 Å². The molecule has 0 saturated carbocycles. The maximum atomic E-state index is 4.39. The number of pyridine rings is 1. The minimum Gasteiger partial charge on any atom is -0.370 e. The Morgan fingerprint density at radius 2 is 2.24 bits per heavy atom. The monoisotopic (exact) mass is 230 g/mol. The van der Waals surface area contributed by atoms with Gasteiger partial charge in [-0.05, 0) is 31.9 Å². The van der Waals surface area contributed by atoms with Crippen molar-refractivity contribution >= 4 is 5.82 Å². The second-order valence-electron chi connectivity index (χ2n) is 4.10. The van der Waals surface area contributed by atoms with Gasteiger partial charge in [0.2, 0.25) is 0 Å². The van der Waals surface area contributed by atoms with E-state index in [1.807, 2.05) is 43.8 Å². The van der Waals surface area contributed by atoms with E-state index in [0.29, 0.717) is 0 Å². The Morgan fingerprint density at radius 3 is 3.00 bits per heavy atom. The van der Waals surface area contributed by atoms with Crippen LogP contribution in [-0.4, -0.2) is 21.1 Å². The average Bonchev–Trinajstić information content (AvgIpc) is 2.82. The standard InChI is InChI=1S/C13H18N4/c1-12-5-4-6-13(16-12)15-7-2-3-9-17-10-8-14-11-17/h4-6,8,10-11H,2-3,7,9H2,1H3,(H,15,16). The van der Waals surface area contributed by atoms with Crippen LogP contribution < -0.4 is 5.32 Å². The van der Waals surface area contributed by atoms with Gasteiger partial charge in [0.25, 0.3) is 0 Å². The Bertz CT molecular complexity index is 436. The van der Waals surface area contributed by atoms with Gasteiger partial charge in [-0.3, -0.25) is 0 Å². The lowest BCUT2D eigenvalue weighted by atomic mass is 10.3. The average molecular weight is 230 g/mol. The summed E-state index contributed by atoms with van der Waals surface area (Å²) >= 11 is 0. The van der Waals surface area contributed by atoms with Crippen molar-refractivity contribution in [3.05, 3.63) is 42.6 Å². The Hall–Kier alpha value is -1.84. The third kappa shape index (κ3) is 3.90. The van der Waals surface area contributed by atoms with Crippen LogP contribution in [0.15, 0.2) is 36.9 Å². The maximum absolute atomic E-state index is 4.39. The summed E-state index contributed by atoms with van der Waals surface area (Å²) in [5, 5.41) is 3.33. The first-order chi connectivity index (χ1) is 8.34. The van der Waals surface area contributed by atoms with Crippen LogP contribution in [0.25, 0.3) is 0 Å². The van der Waals surface area contributed by atoms with Crippen LogP contribution in [0.2, 0.25) is 0 Å². The molecule has 0 fully saturated rings. The molecular weight excluding hydrogens is 212 g/mol. The van der Waals surface area contributed by atoms with Crippen LogP contribution in [0, 0.1) is 6.92 Å². The zero-order chi connectivity index (χ0) is 11.9. The maximum Gasteiger partial charge on any atom is 0.126 e. The van der Waals surface area contributed by atoms with Gasteiger partial charge in [-0.1, -0.05) is 6.07 Å². The molecule has 2 heterocycles. The number of hydrogen-bond donors (Lipinski definition) is 1. The van der Waals surface area contributed by atoms with E-state index in [2.05, 4.69) is 19.9 Å². The molecular formula is C13H18N4. The minimum atomic E-state index is 0.963. The van der Waals surface area contributed by atoms with Gasteiger partial charge in [0, 0.05) is 31.2 Å². The molecule has 90 valence electrons. The van der Waals surface area contributed by atoms with E-state index in [1.54, 1.807) is 0 Å². The predicted octanol–water partition coefficient (Wildman–Crippen LogP) is 2.48. The molecule has 0 amide bonds. The summed E-state index contributed by atoms with van der Waals surface area (Å²) in [5.74, 6) is 0.965. The first-order valence-electron chi connectivity index (χ1n) is 5.98. The fourth-order valence-corrected chi connectivity index (χ4v) is 1.70. The lowest BCUT2D eigenvalue weighted by Gasteiger charge is -2.06. The quantitative estimate of drug-likeness (QED) is 0.775. The van der Waals surface area contributed by atoms with E-state index >= 15 is 0 Å². The zero-order valence-electron chi connectivity index (χ0n) is 10.1. The second kappa shape index (κ2) is 6.03. The van der Waals surface area contributed by atoms with Crippen LogP contribution in [0.4, 0.5) is 5.82 Å². The second-order valence-corrected chi connectivity index (χ2v) is 4.10. The molecule has 0 radical (unpaired) electrons. The summed E-state index contributed by atoms with van der Waals surface area (Å²) in [6.45, 7) is 4.00. The van der Waals surface area contributed by atoms with Gasteiger partial charge >= 0.3 is 0 Å². The molecule has 1 N–H and O–H groups in total. The van der Waals surface area contributed by atoms with E-state index in [1.165, 1.54) is 0 Å². The zero-order valence-corrected chi connectivity index (χ0v) is 10.1. The van der Waals surface area contributed by atoms with Gasteiger partial charge in [-0.25, -0.2) is 9.97 Å². The van der Waals surface area contributed by atoms with E-state index in [4.69, 9.17) is 0 Å². The van der Waals surface area contributed by atoms with Crippen molar-refractivity contribution in [2.75, 3.05) is 11.9 Å². The van der Waals surface area contributed by atoms with E-state index < -0.39 is 0 Å². The number of rotatable bonds is 6. The number of imidazole rings is 1. The minimum absolute atomic E-state index is 0.963. The van der Waals surface area contributed by atoms with Crippen LogP contribution in [0.5, 0.6) is 0 Å². The number of nitrogens with one attached hydrogen (secondary N) is 1. The molecule has 0 aliphatic rings. The SMILES string of the molecule is Cc1cccc(NCCCCn2ccnc2)n1. The molecule has 0 atom stereocenters. The summed E-state index contributed by atoms with van der Waals surface area (Å²) in [7, 11) is 0. The third-order valence-electron chi connectivity index (χ3n) is 2.60. The van der Waals surface area contributed by atoms with Crippen LogP contribution >= 0.6 is 0 Å². The lowest BCUT2D eigenvalue weighted by molar-refractivity contribution is 0.620. The number of anilines is 1. The molecule has 4 heteroatoms. The highest BCUT2D eigenvalue weighted by Gasteiger charge is 1.94. The van der Waals surface area contributed by atoms with Crippen molar-refractivity contribution in [1.29, 1.82) is 0 Å². The number of aromatic nitrogens is 3. The van der Waals surface area contributed by atoms with E-state index in [0.717, 1.165) is 37.4 Å². The summed E-state index contributed by atoms with van der Waals surface area (Å²) in [5.41, 5.74) is 1.05. The first-order valence-corrected chi connectivity index (χ1v) is 5.98. The number of unbranched alkanes of at least 4 members (excludes halogenated alkanes) is 1. The Kier molecular flexibility index (Phi) is 4.13. The highest BCUT2D eigenvalue weighted by atomic mass is 15.0. The van der Waals surface area contributed by atoms with E-state index in [9.17, 15) is 0 Å². The van der Waals surface area contributed by atoms with Gasteiger partial charge in [-0.2, -0.15) is 0 Å². The summed E-state index contributed by atoms with van der Waals surface area (Å²) in [4.78, 5) is 8.41. The first kappa shape index (κ1) is 11.6. The molecule has 0 saturated heterocycles. The molecule has 2 aromatic rings. The number of hydrogen-bond acceptors (Lipinski definition) is 3. The summed E-state index contributed by atoms with van der Waals surface area (Å²) in [6.07, 6.45) is 7.95. The van der Waals surface area contributed by atoms with Gasteiger partial charge < -0.3 is 9.88 Å². The molecule has 0 aromatic carbocycles. The molecule has 4 nitrogen and oxygen atoms in total. The van der Waals surface area contributed by atoms with Gasteiger partial charge in [-0.15, -0.1) is 0 Å². The van der Waals surface area contributed by atoms with Gasteiger partial charge in [0.1, 0.15) is 5.82 Å². The molecule has 0 aliphatic carbocycles. The predicted molar refractivity (Wildman–Crippen MR) is 68.9 cm³/mol. The fourth-order valence-electron chi connectivity index (χ4n) is 1.70. The smallest absolute Gasteiger partial charge is 0.126 e. The van der Waals surface area contributed by atoms with Gasteiger partial charge in [0.05, 0.1) is 6.33 Å². The Labute approximate surface area is 102 Å². The highest BCUT2D eigenvalue weighted by molar-refractivity contribution is 5.34. The Balaban J connectivity index is 1.63. The molecule has 0 unspecified atom stereocenters. The van der Waals surface area contributed by atoms with E-state index in [-0.39, 0.29) is 0 Å². The molecule has 0 bridgehead atoms. The summed E-state index contributed by atoms with van der Waals surface area (Å²) in [6, 6.07) is 6.03. The third-order valence-corrected chi connectivity index (χ3v) is 2.60. The molecule has 0 spiro atoms. The molecule has 0 aliphatic heterocycles. The molecule has 17 heavy (non-hydrogen) atoms. The highest BCUT2D eigenvalue weighted by Crippen LogP contribution is 2.04. The lowest BCUT2D eigenvalue weighted by Crippen LogP contribution is -2.05. The normalized spacial score (nSPS) is 10.4. The van der Waals surface area contributed by atoms with Crippen molar-refractivity contribution in [1.82, 2.24) is 14.5 Å². The summed E-state index contributed by atoms with van der Waals surface area (Å²) < 4.78 is 2.10. The van der Waals surface area contributed by atoms with Crippen LogP contribution in [-0.2, 0) is 6.54 Å². The van der Waals surface area contributed by atoms with Crippen molar-refractivity contribution < 1.29 is 0 Å². The van der Waals surface area contributed by atoms with Crippen LogP contribution in [0.3, 0.4) is 0 Å². The van der Waals surface area contributed by atoms with Crippen molar-refractivity contribution in [3.8, 4) is 0 Å². The largest absolute Gasteiger partial charge is 0.370 e. The molecule has 2 rings (SSSR count). The fraction of sp³-hybridized carbons (Fsp3) is 0.385. The number of aryl methyl sites for hydroxylation is 2. The van der Waals surface area contributed by atoms with Crippen molar-refractivity contribution in [2.24, 2.45) is 0 Å². The van der Waals surface area contributed by atoms with Gasteiger partial charge in [0.15, 0.2) is 0 Å². The topological polar surface area (TPSA) is 42.7 Å². The van der Waals surface area contributed by atoms with Crippen LogP contribution in [0.1, 0.15) is 18.5 Å².